The van der Waals surface area contributed by atoms with Crippen LogP contribution in [0.1, 0.15) is 33.1 Å². The average Bonchev–Trinajstić information content (AvgIpc) is 2.57. The van der Waals surface area contributed by atoms with Crippen molar-refractivity contribution in [3.63, 3.8) is 0 Å². The van der Waals surface area contributed by atoms with Crippen LogP contribution in [0.15, 0.2) is 47.7 Å². The first-order valence-corrected chi connectivity index (χ1v) is 8.30. The van der Waals surface area contributed by atoms with E-state index in [0.717, 1.165) is 12.8 Å². The van der Waals surface area contributed by atoms with Crippen molar-refractivity contribution in [2.75, 3.05) is 13.2 Å². The summed E-state index contributed by atoms with van der Waals surface area (Å²) >= 11 is 0. The van der Waals surface area contributed by atoms with Crippen molar-refractivity contribution < 1.29 is 19.8 Å². The van der Waals surface area contributed by atoms with Gasteiger partial charge in [-0.05, 0) is 37.7 Å². The number of aliphatic carboxylic acids is 1. The van der Waals surface area contributed by atoms with E-state index in [0.29, 0.717) is 19.4 Å². The quantitative estimate of drug-likeness (QED) is 0.366. The van der Waals surface area contributed by atoms with Gasteiger partial charge in [0.15, 0.2) is 0 Å². The molecule has 24 heavy (non-hydrogen) atoms. The van der Waals surface area contributed by atoms with Crippen molar-refractivity contribution in [2.45, 2.75) is 33.1 Å². The third kappa shape index (κ3) is 6.96. The molecule has 2 N–H and O–H groups in total. The molecule has 0 bridgehead atoms. The third-order valence-corrected chi connectivity index (χ3v) is 4.11. The van der Waals surface area contributed by atoms with Gasteiger partial charge in [0.2, 0.25) is 6.41 Å². The molecule has 0 saturated carbocycles. The summed E-state index contributed by atoms with van der Waals surface area (Å²) in [4.78, 5) is 24.0. The van der Waals surface area contributed by atoms with E-state index in [2.05, 4.69) is 6.08 Å². The molecule has 0 fully saturated rings. The predicted octanol–water partition coefficient (Wildman–Crippen LogP) is 2.90. The predicted molar refractivity (Wildman–Crippen MR) is 94.1 cm³/mol. The van der Waals surface area contributed by atoms with Crippen LogP contribution in [0.2, 0.25) is 0 Å². The van der Waals surface area contributed by atoms with Crippen LogP contribution in [0.3, 0.4) is 0 Å². The Kier molecular flexibility index (Phi) is 8.79. The molecule has 0 aromatic heterocycles. The Hall–Kier alpha value is -2.14. The lowest BCUT2D eigenvalue weighted by Crippen LogP contribution is -2.25. The molecule has 5 nitrogen and oxygen atoms in total. The number of amides is 1. The zero-order valence-electron chi connectivity index (χ0n) is 14.4. The third-order valence-electron chi connectivity index (χ3n) is 4.11. The zero-order valence-corrected chi connectivity index (χ0v) is 14.4. The minimum atomic E-state index is -1.07. The van der Waals surface area contributed by atoms with E-state index in [9.17, 15) is 14.7 Å². The Bertz CT molecular complexity index is 546. The van der Waals surface area contributed by atoms with E-state index in [1.54, 1.807) is 6.08 Å². The van der Waals surface area contributed by atoms with E-state index in [-0.39, 0.29) is 24.0 Å². The molecule has 0 aromatic carbocycles. The maximum atomic E-state index is 11.4. The molecule has 0 aliphatic heterocycles. The largest absolute Gasteiger partial charge is 0.478 e. The van der Waals surface area contributed by atoms with Crippen LogP contribution < -0.4 is 0 Å². The van der Waals surface area contributed by atoms with Crippen LogP contribution >= 0.6 is 0 Å². The summed E-state index contributed by atoms with van der Waals surface area (Å²) in [6.07, 6.45) is 13.8. The van der Waals surface area contributed by atoms with Gasteiger partial charge in [-0.1, -0.05) is 43.2 Å². The lowest BCUT2D eigenvalue weighted by molar-refractivity contribution is -0.132. The van der Waals surface area contributed by atoms with Crippen LogP contribution in [-0.2, 0) is 9.59 Å². The Morgan fingerprint density at radius 1 is 1.50 bits per heavy atom. The highest BCUT2D eigenvalue weighted by molar-refractivity contribution is 5.90. The van der Waals surface area contributed by atoms with Crippen LogP contribution in [0, 0.1) is 11.8 Å². The Morgan fingerprint density at radius 2 is 2.25 bits per heavy atom. The van der Waals surface area contributed by atoms with Gasteiger partial charge in [0, 0.05) is 19.4 Å². The smallest absolute Gasteiger partial charge is 0.337 e. The average molecular weight is 333 g/mol. The van der Waals surface area contributed by atoms with E-state index in [1.807, 2.05) is 32.1 Å². The van der Waals surface area contributed by atoms with Gasteiger partial charge in [0.25, 0.3) is 0 Å². The van der Waals surface area contributed by atoms with Crippen molar-refractivity contribution in [2.24, 2.45) is 11.8 Å². The fourth-order valence-electron chi connectivity index (χ4n) is 2.49. The van der Waals surface area contributed by atoms with Gasteiger partial charge < -0.3 is 15.1 Å². The molecule has 132 valence electrons. The summed E-state index contributed by atoms with van der Waals surface area (Å²) in [6.45, 7) is 4.46. The molecule has 2 atom stereocenters. The van der Waals surface area contributed by atoms with E-state index in [4.69, 9.17) is 5.11 Å². The molecular weight excluding hydrogens is 306 g/mol. The molecule has 0 radical (unpaired) electrons. The minimum Gasteiger partial charge on any atom is -0.478 e. The zero-order chi connectivity index (χ0) is 17.9. The maximum absolute atomic E-state index is 11.4. The maximum Gasteiger partial charge on any atom is 0.337 e. The fourth-order valence-corrected chi connectivity index (χ4v) is 2.49. The first-order chi connectivity index (χ1) is 11.5. The topological polar surface area (TPSA) is 77.8 Å². The molecule has 1 aliphatic carbocycles. The van der Waals surface area contributed by atoms with Crippen molar-refractivity contribution in [1.29, 1.82) is 0 Å². The number of rotatable bonds is 10. The van der Waals surface area contributed by atoms with Crippen molar-refractivity contribution in [1.82, 2.24) is 4.90 Å². The van der Waals surface area contributed by atoms with Crippen molar-refractivity contribution in [3.05, 3.63) is 47.7 Å². The van der Waals surface area contributed by atoms with E-state index >= 15 is 0 Å². The second-order valence-electron chi connectivity index (χ2n) is 6.04. The molecule has 0 saturated heterocycles. The van der Waals surface area contributed by atoms with Crippen molar-refractivity contribution in [3.8, 4) is 0 Å². The molecule has 2 unspecified atom stereocenters. The molecule has 0 heterocycles. The number of hydrogen-bond acceptors (Lipinski definition) is 3. The summed E-state index contributed by atoms with van der Waals surface area (Å²) < 4.78 is 0. The number of hydrogen-bond donors (Lipinski definition) is 2. The van der Waals surface area contributed by atoms with Crippen LogP contribution in [0.5, 0.6) is 0 Å². The molecule has 1 aliphatic rings. The van der Waals surface area contributed by atoms with Crippen LogP contribution in [0.4, 0.5) is 0 Å². The summed E-state index contributed by atoms with van der Waals surface area (Å²) in [7, 11) is 0. The number of aliphatic hydroxyl groups excluding tert-OH is 1. The number of carbonyl (C=O) groups excluding carboxylic acids is 1. The second kappa shape index (κ2) is 10.6. The lowest BCUT2D eigenvalue weighted by atomic mass is 9.96. The molecule has 0 aromatic rings. The van der Waals surface area contributed by atoms with Crippen LogP contribution in [-0.4, -0.2) is 40.6 Å². The summed E-state index contributed by atoms with van der Waals surface area (Å²) in [6, 6.07) is 0. The van der Waals surface area contributed by atoms with Gasteiger partial charge in [0.1, 0.15) is 0 Å². The molecule has 1 amide bonds. The Balaban J connectivity index is 2.80. The highest BCUT2D eigenvalue weighted by Crippen LogP contribution is 2.18. The van der Waals surface area contributed by atoms with Gasteiger partial charge in [-0.15, -0.1) is 0 Å². The molecule has 1 rings (SSSR count). The number of carbonyl (C=O) groups is 2. The number of aliphatic hydroxyl groups is 1. The van der Waals surface area contributed by atoms with Gasteiger partial charge in [-0.2, -0.15) is 0 Å². The second-order valence-corrected chi connectivity index (χ2v) is 6.04. The number of allylic oxidation sites excluding steroid dienone is 5. The molecular formula is C19H27NO4. The Morgan fingerprint density at radius 3 is 2.75 bits per heavy atom. The minimum absolute atomic E-state index is 0.0571. The molecule has 5 heteroatoms. The first-order valence-electron chi connectivity index (χ1n) is 8.30. The standard InChI is InChI=1S/C19H27NO4/c1-3-16(10-11-21)12-20(14-22)13-18(19(23)24)9-8-17-6-4-15(2)5-7-17/h4-6,8-9,13-14,16-17,21H,3,7,10-12H2,1-2H3,(H,23,24)/b9-8+,18-13+. The fraction of sp³-hybridized carbons (Fsp3) is 0.474. The highest BCUT2D eigenvalue weighted by atomic mass is 16.4. The number of carboxylic acids is 1. The summed E-state index contributed by atoms with van der Waals surface area (Å²) in [5.74, 6) is -0.761. The van der Waals surface area contributed by atoms with Gasteiger partial charge >= 0.3 is 5.97 Å². The molecule has 0 spiro atoms. The number of carboxylic acid groups (broad SMARTS) is 1. The highest BCUT2D eigenvalue weighted by Gasteiger charge is 2.13. The van der Waals surface area contributed by atoms with Crippen LogP contribution in [0.25, 0.3) is 0 Å². The summed E-state index contributed by atoms with van der Waals surface area (Å²) in [5.41, 5.74) is 1.27. The van der Waals surface area contributed by atoms with Gasteiger partial charge in [-0.3, -0.25) is 4.79 Å². The monoisotopic (exact) mass is 333 g/mol. The lowest BCUT2D eigenvalue weighted by Gasteiger charge is -2.20. The SMILES string of the molecule is CCC(CCO)CN(C=O)/C=C(\C=C\C1C=CC(C)=CC1)C(=O)O. The Labute approximate surface area is 143 Å². The first kappa shape index (κ1) is 19.9. The van der Waals surface area contributed by atoms with Gasteiger partial charge in [0.05, 0.1) is 5.57 Å². The number of nitrogens with zero attached hydrogens (tertiary/aromatic N) is 1. The van der Waals surface area contributed by atoms with E-state index in [1.165, 1.54) is 16.7 Å². The normalized spacial score (nSPS) is 19.2. The van der Waals surface area contributed by atoms with Gasteiger partial charge in [-0.25, -0.2) is 4.79 Å². The summed E-state index contributed by atoms with van der Waals surface area (Å²) in [5, 5.41) is 18.4. The van der Waals surface area contributed by atoms with E-state index < -0.39 is 5.97 Å². The van der Waals surface area contributed by atoms with Crippen molar-refractivity contribution >= 4 is 12.4 Å².